The fourth-order valence-corrected chi connectivity index (χ4v) is 7.13. The number of nitrogens with one attached hydrogen (secondary N) is 2. The molecule has 0 unspecified atom stereocenters. The molecule has 226 valence electrons. The second-order valence-electron chi connectivity index (χ2n) is 12.0. The molecule has 3 N–H and O–H groups in total. The molecule has 1 amide bonds. The molecule has 3 heterocycles. The summed E-state index contributed by atoms with van der Waals surface area (Å²) in [6, 6.07) is 10.5. The fraction of sp³-hybridized carbons (Fsp3) is 0.500. The van der Waals surface area contributed by atoms with Crippen molar-refractivity contribution in [3.8, 4) is 0 Å². The Kier molecular flexibility index (Phi) is 7.33. The third-order valence-corrected chi connectivity index (χ3v) is 10.3. The number of aromatic nitrogens is 1. The Morgan fingerprint density at radius 3 is 2.21 bits per heavy atom. The number of hydrogen-bond donors (Lipinski definition) is 3. The molecule has 12 heteroatoms. The minimum Gasteiger partial charge on any atom is -0.395 e. The molecular weight excluding hydrogens is 564 g/mol. The Morgan fingerprint density at radius 1 is 0.905 bits per heavy atom. The van der Waals surface area contributed by atoms with Crippen molar-refractivity contribution in [3.05, 3.63) is 48.2 Å². The third kappa shape index (κ3) is 5.92. The smallest absolute Gasteiger partial charge is 0.257 e. The molecule has 3 fully saturated rings. The van der Waals surface area contributed by atoms with Crippen LogP contribution in [0.3, 0.4) is 0 Å². The topological polar surface area (TPSA) is 107 Å². The van der Waals surface area contributed by atoms with Gasteiger partial charge in [-0.3, -0.25) is 9.52 Å². The van der Waals surface area contributed by atoms with E-state index in [0.717, 1.165) is 42.5 Å². The van der Waals surface area contributed by atoms with Crippen LogP contribution in [-0.4, -0.2) is 68.5 Å². The maximum Gasteiger partial charge on any atom is 0.257 e. The normalized spacial score (nSPS) is 19.7. The first-order valence-corrected chi connectivity index (χ1v) is 16.2. The molecule has 3 aromatic rings. The Balaban J connectivity index is 1.30. The van der Waals surface area contributed by atoms with Crippen molar-refractivity contribution in [2.24, 2.45) is 12.5 Å². The van der Waals surface area contributed by atoms with Gasteiger partial charge in [0.25, 0.3) is 11.8 Å². The van der Waals surface area contributed by atoms with Crippen molar-refractivity contribution in [2.45, 2.75) is 44.4 Å². The van der Waals surface area contributed by atoms with Crippen molar-refractivity contribution in [2.75, 3.05) is 58.4 Å². The van der Waals surface area contributed by atoms with Crippen molar-refractivity contribution in [1.29, 1.82) is 0 Å². The van der Waals surface area contributed by atoms with Gasteiger partial charge in [0.2, 0.25) is 10.0 Å². The molecule has 42 heavy (non-hydrogen) atoms. The number of carbonyl (C=O) groups is 1. The zero-order valence-corrected chi connectivity index (χ0v) is 24.5. The zero-order chi connectivity index (χ0) is 29.7. The van der Waals surface area contributed by atoms with Gasteiger partial charge in [0.1, 0.15) is 0 Å². The summed E-state index contributed by atoms with van der Waals surface area (Å²) < 4.78 is 57.0. The maximum absolute atomic E-state index is 13.9. The van der Waals surface area contributed by atoms with E-state index in [1.165, 1.54) is 12.8 Å². The number of aryl methyl sites for hydroxylation is 1. The second kappa shape index (κ2) is 10.7. The molecule has 2 aromatic carbocycles. The summed E-state index contributed by atoms with van der Waals surface area (Å²) in [7, 11) is -1.82. The van der Waals surface area contributed by atoms with Crippen LogP contribution in [0, 0.1) is 5.41 Å². The quantitative estimate of drug-likeness (QED) is 0.343. The van der Waals surface area contributed by atoms with E-state index in [0.29, 0.717) is 28.0 Å². The van der Waals surface area contributed by atoms with Gasteiger partial charge in [0.05, 0.1) is 40.5 Å². The van der Waals surface area contributed by atoms with Crippen LogP contribution in [-0.2, 0) is 17.1 Å². The second-order valence-corrected chi connectivity index (χ2v) is 13.9. The highest BCUT2D eigenvalue weighted by Gasteiger charge is 2.44. The number of fused-ring (bicyclic) bond motifs is 1. The van der Waals surface area contributed by atoms with Crippen LogP contribution in [0.15, 0.2) is 42.6 Å². The first-order chi connectivity index (χ1) is 20.0. The van der Waals surface area contributed by atoms with Gasteiger partial charge in [0, 0.05) is 63.3 Å². The molecule has 0 atom stereocenters. The van der Waals surface area contributed by atoms with Gasteiger partial charge in [0.15, 0.2) is 0 Å². The minimum absolute atomic E-state index is 0.218. The maximum atomic E-state index is 13.9. The lowest BCUT2D eigenvalue weighted by Crippen LogP contribution is -2.39. The highest BCUT2D eigenvalue weighted by atomic mass is 32.2. The Labute approximate surface area is 244 Å². The number of piperidine rings is 2. The predicted molar refractivity (Wildman–Crippen MR) is 161 cm³/mol. The van der Waals surface area contributed by atoms with Gasteiger partial charge in [-0.05, 0) is 67.5 Å². The number of carbonyl (C=O) groups excluding carboxylic acids is 1. The van der Waals surface area contributed by atoms with Gasteiger partial charge in [-0.2, -0.15) is 0 Å². The Morgan fingerprint density at radius 2 is 1.55 bits per heavy atom. The lowest BCUT2D eigenvalue weighted by molar-refractivity contribution is -0.0220. The molecule has 1 aliphatic carbocycles. The SMILES string of the molecule is Cn1ccc2cc(NC(=O)c3ccc(NS(=O)(=O)CCO)cc3N3CCC4(CC3)CC4)cc(N3CCC(F)(F)CC3)c21. The molecule has 1 aromatic heterocycles. The van der Waals surface area contributed by atoms with E-state index >= 15 is 0 Å². The van der Waals surface area contributed by atoms with E-state index < -0.39 is 28.3 Å². The summed E-state index contributed by atoms with van der Waals surface area (Å²) in [5.74, 6) is -3.43. The summed E-state index contributed by atoms with van der Waals surface area (Å²) in [5.41, 5.74) is 4.08. The summed E-state index contributed by atoms with van der Waals surface area (Å²) in [5, 5.41) is 13.0. The average molecular weight is 602 g/mol. The zero-order valence-electron chi connectivity index (χ0n) is 23.7. The number of amides is 1. The molecular formula is C30H37F2N5O4S. The standard InChI is InChI=1S/C30H37F2N5O4S/c1-35-11-4-21-18-23(20-26(27(21)35)37-14-9-30(31,32)10-15-37)33-28(39)24-3-2-22(34-42(40,41)17-16-38)19-25(24)36-12-7-29(5-6-29)8-13-36/h2-4,11,18-20,34,38H,5-10,12-17H2,1H3,(H,33,39). The lowest BCUT2D eigenvalue weighted by atomic mass is 9.93. The van der Waals surface area contributed by atoms with Crippen LogP contribution in [0.5, 0.6) is 0 Å². The van der Waals surface area contributed by atoms with Gasteiger partial charge in [-0.1, -0.05) is 0 Å². The largest absolute Gasteiger partial charge is 0.395 e. The van der Waals surface area contributed by atoms with E-state index in [2.05, 4.69) is 14.9 Å². The molecule has 0 radical (unpaired) electrons. The molecule has 1 spiro atoms. The number of benzene rings is 2. The number of halogens is 2. The van der Waals surface area contributed by atoms with Gasteiger partial charge in [-0.25, -0.2) is 17.2 Å². The first kappa shape index (κ1) is 28.7. The van der Waals surface area contributed by atoms with Crippen LogP contribution in [0.4, 0.5) is 31.5 Å². The van der Waals surface area contributed by atoms with Crippen LogP contribution in [0.25, 0.3) is 10.9 Å². The summed E-state index contributed by atoms with van der Waals surface area (Å²) in [6.07, 6.45) is 5.99. The monoisotopic (exact) mass is 601 g/mol. The van der Waals surface area contributed by atoms with E-state index in [9.17, 15) is 22.0 Å². The van der Waals surface area contributed by atoms with Crippen LogP contribution < -0.4 is 19.8 Å². The Bertz CT molecular complexity index is 1600. The number of aliphatic hydroxyl groups is 1. The molecule has 2 saturated heterocycles. The van der Waals surface area contributed by atoms with Crippen LogP contribution >= 0.6 is 0 Å². The molecule has 2 aliphatic heterocycles. The van der Waals surface area contributed by atoms with Crippen molar-refractivity contribution < 1.29 is 27.1 Å². The number of aliphatic hydroxyl groups excluding tert-OH is 1. The van der Waals surface area contributed by atoms with Crippen molar-refractivity contribution in [1.82, 2.24) is 4.57 Å². The number of rotatable bonds is 8. The van der Waals surface area contributed by atoms with Crippen LogP contribution in [0.2, 0.25) is 0 Å². The highest BCUT2D eigenvalue weighted by molar-refractivity contribution is 7.92. The van der Waals surface area contributed by atoms with E-state index in [-0.39, 0.29) is 31.8 Å². The number of hydrogen-bond acceptors (Lipinski definition) is 6. The van der Waals surface area contributed by atoms with Gasteiger partial charge >= 0.3 is 0 Å². The molecule has 0 bridgehead atoms. The third-order valence-electron chi connectivity index (χ3n) is 9.04. The summed E-state index contributed by atoms with van der Waals surface area (Å²) in [4.78, 5) is 17.9. The number of alkyl halides is 2. The predicted octanol–water partition coefficient (Wildman–Crippen LogP) is 4.78. The first-order valence-electron chi connectivity index (χ1n) is 14.5. The van der Waals surface area contributed by atoms with E-state index in [1.54, 1.807) is 18.2 Å². The fourth-order valence-electron chi connectivity index (χ4n) is 6.30. The number of sulfonamides is 1. The highest BCUT2D eigenvalue weighted by Crippen LogP contribution is 2.54. The Hall–Kier alpha value is -3.38. The number of nitrogens with zero attached hydrogens (tertiary/aromatic N) is 3. The van der Waals surface area contributed by atoms with Gasteiger partial charge in [-0.15, -0.1) is 0 Å². The van der Waals surface area contributed by atoms with E-state index in [4.69, 9.17) is 5.11 Å². The summed E-state index contributed by atoms with van der Waals surface area (Å²) in [6.45, 7) is 1.49. The lowest BCUT2D eigenvalue weighted by Gasteiger charge is -2.35. The molecule has 3 aliphatic rings. The van der Waals surface area contributed by atoms with Crippen molar-refractivity contribution >= 4 is 49.6 Å². The minimum atomic E-state index is -3.74. The van der Waals surface area contributed by atoms with E-state index in [1.807, 2.05) is 40.9 Å². The molecule has 6 rings (SSSR count). The molecule has 9 nitrogen and oxygen atoms in total. The average Bonchev–Trinajstić information content (AvgIpc) is 3.59. The van der Waals surface area contributed by atoms with Crippen molar-refractivity contribution in [3.63, 3.8) is 0 Å². The molecule has 1 saturated carbocycles. The van der Waals surface area contributed by atoms with Crippen LogP contribution in [0.1, 0.15) is 48.9 Å². The number of anilines is 4. The van der Waals surface area contributed by atoms with Gasteiger partial charge < -0.3 is 24.8 Å². The summed E-state index contributed by atoms with van der Waals surface area (Å²) >= 11 is 0.